The average molecular weight is 418 g/mol. The Labute approximate surface area is 126 Å². The zero-order chi connectivity index (χ0) is 13.1. The Morgan fingerprint density at radius 2 is 2.28 bits per heavy atom. The van der Waals surface area contributed by atoms with E-state index >= 15 is 0 Å². The van der Waals surface area contributed by atoms with Crippen molar-refractivity contribution in [2.75, 3.05) is 0 Å². The first-order valence-electron chi connectivity index (χ1n) is 5.11. The van der Waals surface area contributed by atoms with E-state index in [9.17, 15) is 4.79 Å². The van der Waals surface area contributed by atoms with Crippen LogP contribution in [0, 0.1) is 9.85 Å². The summed E-state index contributed by atoms with van der Waals surface area (Å²) >= 11 is 5.35. The van der Waals surface area contributed by atoms with Gasteiger partial charge in [0, 0.05) is 39.7 Å². The topological polar surface area (TPSA) is 39.8 Å². The van der Waals surface area contributed by atoms with Gasteiger partial charge < -0.3 is 0 Å². The predicted molar refractivity (Wildman–Crippen MR) is 82.4 cm³/mol. The van der Waals surface area contributed by atoms with E-state index in [1.807, 2.05) is 46.9 Å². The zero-order valence-corrected chi connectivity index (χ0v) is 13.3. The minimum Gasteiger partial charge on any atom is -0.278 e. The van der Waals surface area contributed by atoms with Gasteiger partial charge in [0.15, 0.2) is 5.82 Å². The molecule has 0 aliphatic rings. The minimum absolute atomic E-state index is 0.163. The van der Waals surface area contributed by atoms with E-state index < -0.39 is 0 Å². The van der Waals surface area contributed by atoms with Crippen LogP contribution in [0.2, 0.25) is 0 Å². The van der Waals surface area contributed by atoms with Gasteiger partial charge in [-0.25, -0.2) is 9.48 Å². The van der Waals surface area contributed by atoms with Crippen LogP contribution < -0.4 is 5.69 Å². The summed E-state index contributed by atoms with van der Waals surface area (Å²) in [5.41, 5.74) is 0.731. The van der Waals surface area contributed by atoms with Gasteiger partial charge >= 0.3 is 5.69 Å². The molecule has 0 fully saturated rings. The molecule has 2 aromatic rings. The molecule has 4 nitrogen and oxygen atoms in total. The molecular formula is C12H9BrIN3O. The van der Waals surface area contributed by atoms with E-state index in [2.05, 4.69) is 30.9 Å². The van der Waals surface area contributed by atoms with Crippen LogP contribution in [0.1, 0.15) is 0 Å². The van der Waals surface area contributed by atoms with E-state index in [0.717, 1.165) is 10.0 Å². The van der Waals surface area contributed by atoms with Crippen LogP contribution in [-0.4, -0.2) is 14.3 Å². The normalized spacial score (nSPS) is 9.94. The maximum atomic E-state index is 11.9. The van der Waals surface area contributed by atoms with Crippen LogP contribution in [-0.2, 0) is 13.6 Å². The first-order valence-corrected chi connectivity index (χ1v) is 6.99. The van der Waals surface area contributed by atoms with Gasteiger partial charge in [-0.15, -0.1) is 5.10 Å². The van der Waals surface area contributed by atoms with Gasteiger partial charge in [-0.2, -0.15) is 0 Å². The van der Waals surface area contributed by atoms with Crippen LogP contribution in [0.4, 0.5) is 0 Å². The molecule has 92 valence electrons. The molecule has 0 radical (unpaired) electrons. The molecule has 2 rings (SSSR count). The highest BCUT2D eigenvalue weighted by Gasteiger charge is 2.11. The third-order valence-electron chi connectivity index (χ3n) is 2.42. The second-order valence-electron chi connectivity index (χ2n) is 3.60. The van der Waals surface area contributed by atoms with E-state index in [1.54, 1.807) is 7.05 Å². The van der Waals surface area contributed by atoms with Crippen LogP contribution in [0.15, 0.2) is 33.5 Å². The molecule has 0 spiro atoms. The first kappa shape index (κ1) is 13.4. The lowest BCUT2D eigenvalue weighted by Crippen LogP contribution is -2.22. The molecular weight excluding hydrogens is 409 g/mol. The Morgan fingerprint density at radius 3 is 2.94 bits per heavy atom. The standard InChI is InChI=1S/C12H9BrIN3O/c1-16-11(9-4-2-5-10(13)8-9)15-17(12(16)18)7-3-6-14/h2,4-5,8H,7H2,1H3. The predicted octanol–water partition coefficient (Wildman–Crippen LogP) is 2.41. The van der Waals surface area contributed by atoms with E-state index in [-0.39, 0.29) is 5.69 Å². The summed E-state index contributed by atoms with van der Waals surface area (Å²) < 4.78 is 6.56. The summed E-state index contributed by atoms with van der Waals surface area (Å²) in [4.78, 5) is 11.9. The van der Waals surface area contributed by atoms with Crippen molar-refractivity contribution in [1.29, 1.82) is 0 Å². The van der Waals surface area contributed by atoms with Crippen molar-refractivity contribution in [3.63, 3.8) is 0 Å². The van der Waals surface area contributed by atoms with Gasteiger partial charge in [-0.3, -0.25) is 4.57 Å². The largest absolute Gasteiger partial charge is 0.346 e. The average Bonchev–Trinajstić information content (AvgIpc) is 2.64. The monoisotopic (exact) mass is 417 g/mol. The van der Waals surface area contributed by atoms with Crippen molar-refractivity contribution < 1.29 is 0 Å². The molecule has 0 bridgehead atoms. The molecule has 0 aliphatic heterocycles. The van der Waals surface area contributed by atoms with Gasteiger partial charge in [-0.05, 0) is 16.1 Å². The fraction of sp³-hybridized carbons (Fsp3) is 0.167. The molecule has 18 heavy (non-hydrogen) atoms. The van der Waals surface area contributed by atoms with Crippen LogP contribution in [0.3, 0.4) is 0 Å². The number of aromatic nitrogens is 3. The summed E-state index contributed by atoms with van der Waals surface area (Å²) in [6.45, 7) is 0.309. The fourth-order valence-corrected chi connectivity index (χ4v) is 2.14. The number of benzene rings is 1. The highest BCUT2D eigenvalue weighted by Crippen LogP contribution is 2.19. The third kappa shape index (κ3) is 2.67. The summed E-state index contributed by atoms with van der Waals surface area (Å²) in [7, 11) is 1.71. The first-order chi connectivity index (χ1) is 8.63. The van der Waals surface area contributed by atoms with Crippen molar-refractivity contribution in [1.82, 2.24) is 14.3 Å². The van der Waals surface area contributed by atoms with Crippen molar-refractivity contribution in [3.8, 4) is 21.2 Å². The lowest BCUT2D eigenvalue weighted by atomic mass is 10.2. The van der Waals surface area contributed by atoms with Gasteiger partial charge in [0.1, 0.15) is 6.54 Å². The molecule has 0 N–H and O–H groups in total. The van der Waals surface area contributed by atoms with Crippen molar-refractivity contribution in [3.05, 3.63) is 39.2 Å². The maximum absolute atomic E-state index is 11.9. The maximum Gasteiger partial charge on any atom is 0.346 e. The Balaban J connectivity index is 2.51. The fourth-order valence-electron chi connectivity index (χ4n) is 1.57. The highest BCUT2D eigenvalue weighted by molar-refractivity contribution is 14.1. The highest BCUT2D eigenvalue weighted by atomic mass is 127. The number of hydrogen-bond donors (Lipinski definition) is 0. The Bertz CT molecular complexity index is 693. The molecule has 1 aromatic heterocycles. The second kappa shape index (κ2) is 5.71. The number of nitrogens with zero attached hydrogens (tertiary/aromatic N) is 3. The van der Waals surface area contributed by atoms with Crippen LogP contribution in [0.25, 0.3) is 11.4 Å². The van der Waals surface area contributed by atoms with Gasteiger partial charge in [-0.1, -0.05) is 34.0 Å². The van der Waals surface area contributed by atoms with Gasteiger partial charge in [0.25, 0.3) is 0 Å². The van der Waals surface area contributed by atoms with Crippen molar-refractivity contribution in [2.24, 2.45) is 7.05 Å². The molecule has 0 saturated heterocycles. The SMILES string of the molecule is Cn1c(-c2cccc(Br)c2)nn(CC#CI)c1=O. The summed E-state index contributed by atoms with van der Waals surface area (Å²) in [5.74, 6) is 3.46. The molecule has 6 heteroatoms. The number of hydrogen-bond acceptors (Lipinski definition) is 2. The Kier molecular flexibility index (Phi) is 4.24. The number of rotatable bonds is 2. The molecule has 0 saturated carbocycles. The zero-order valence-electron chi connectivity index (χ0n) is 9.52. The second-order valence-corrected chi connectivity index (χ2v) is 5.06. The van der Waals surface area contributed by atoms with Crippen LogP contribution in [0.5, 0.6) is 0 Å². The lowest BCUT2D eigenvalue weighted by Gasteiger charge is -1.99. The summed E-state index contributed by atoms with van der Waals surface area (Å²) in [5, 5.41) is 4.30. The lowest BCUT2D eigenvalue weighted by molar-refractivity contribution is 0.671. The summed E-state index contributed by atoms with van der Waals surface area (Å²) in [6, 6.07) is 7.69. The third-order valence-corrected chi connectivity index (χ3v) is 3.29. The minimum atomic E-state index is -0.163. The van der Waals surface area contributed by atoms with Crippen molar-refractivity contribution >= 4 is 38.5 Å². The Hall–Kier alpha value is -1.07. The van der Waals surface area contributed by atoms with E-state index in [0.29, 0.717) is 12.4 Å². The van der Waals surface area contributed by atoms with Crippen LogP contribution >= 0.6 is 38.5 Å². The smallest absolute Gasteiger partial charge is 0.278 e. The summed E-state index contributed by atoms with van der Waals surface area (Å²) in [6.07, 6.45) is 0. The van der Waals surface area contributed by atoms with Gasteiger partial charge in [0.05, 0.1) is 0 Å². The quantitative estimate of drug-likeness (QED) is 0.556. The molecule has 1 aromatic carbocycles. The molecule has 0 amide bonds. The molecule has 0 aliphatic carbocycles. The molecule has 0 atom stereocenters. The van der Waals surface area contributed by atoms with Gasteiger partial charge in [0.2, 0.25) is 0 Å². The van der Waals surface area contributed by atoms with E-state index in [1.165, 1.54) is 9.25 Å². The molecule has 1 heterocycles. The van der Waals surface area contributed by atoms with E-state index in [4.69, 9.17) is 0 Å². The number of halogens is 2. The van der Waals surface area contributed by atoms with Crippen molar-refractivity contribution in [2.45, 2.75) is 6.54 Å². The molecule has 0 unspecified atom stereocenters. The Morgan fingerprint density at radius 1 is 1.50 bits per heavy atom.